The fourth-order valence-corrected chi connectivity index (χ4v) is 9.30. The van der Waals surface area contributed by atoms with Crippen LogP contribution in [0.1, 0.15) is 0 Å². The van der Waals surface area contributed by atoms with Crippen molar-refractivity contribution in [2.45, 2.75) is 0 Å². The summed E-state index contributed by atoms with van der Waals surface area (Å²) in [6.07, 6.45) is 0. The van der Waals surface area contributed by atoms with Gasteiger partial charge >= 0.3 is 0 Å². The first-order chi connectivity index (χ1) is 28.2. The van der Waals surface area contributed by atoms with E-state index in [1.54, 1.807) is 0 Å². The molecule has 0 aliphatic rings. The van der Waals surface area contributed by atoms with Crippen molar-refractivity contribution in [3.05, 3.63) is 212 Å². The molecule has 0 atom stereocenters. The summed E-state index contributed by atoms with van der Waals surface area (Å²) in [7, 11) is 0. The first-order valence-electron chi connectivity index (χ1n) is 19.3. The molecule has 0 unspecified atom stereocenters. The number of anilines is 3. The molecule has 11 rings (SSSR count). The van der Waals surface area contributed by atoms with Gasteiger partial charge in [-0.05, 0) is 112 Å². The minimum atomic E-state index is 0.894. The summed E-state index contributed by atoms with van der Waals surface area (Å²) in [4.78, 5) is 2.33. The molecular weight excluding hydrogens is 711 g/mol. The lowest BCUT2D eigenvalue weighted by Crippen LogP contribution is -2.09. The summed E-state index contributed by atoms with van der Waals surface area (Å²) in [5, 5.41) is 4.85. The lowest BCUT2D eigenvalue weighted by Gasteiger charge is -2.26. The van der Waals surface area contributed by atoms with E-state index < -0.39 is 0 Å². The number of rotatable bonds is 7. The molecule has 0 fully saturated rings. The molecule has 0 saturated carbocycles. The molecule has 3 heteroatoms. The Balaban J connectivity index is 1.03. The highest BCUT2D eigenvalue weighted by atomic mass is 32.1. The van der Waals surface area contributed by atoms with Gasteiger partial charge < -0.3 is 9.32 Å². The molecule has 268 valence electrons. The summed E-state index contributed by atoms with van der Waals surface area (Å²) in [5.74, 6) is 0. The van der Waals surface area contributed by atoms with Gasteiger partial charge in [0.1, 0.15) is 11.2 Å². The Labute approximate surface area is 335 Å². The molecule has 0 saturated heterocycles. The van der Waals surface area contributed by atoms with Crippen molar-refractivity contribution in [2.24, 2.45) is 0 Å². The molecule has 0 aliphatic heterocycles. The van der Waals surface area contributed by atoms with E-state index >= 15 is 0 Å². The first-order valence-corrected chi connectivity index (χ1v) is 20.1. The summed E-state index contributed by atoms with van der Waals surface area (Å²) in [6, 6.07) is 76.3. The van der Waals surface area contributed by atoms with Gasteiger partial charge in [0.2, 0.25) is 0 Å². The van der Waals surface area contributed by atoms with Gasteiger partial charge in [-0.2, -0.15) is 0 Å². The lowest BCUT2D eigenvalue weighted by molar-refractivity contribution is 0.670. The quantitative estimate of drug-likeness (QED) is 0.162. The van der Waals surface area contributed by atoms with E-state index in [1.165, 1.54) is 53.6 Å². The summed E-state index contributed by atoms with van der Waals surface area (Å²) >= 11 is 1.85. The maximum atomic E-state index is 6.65. The van der Waals surface area contributed by atoms with Gasteiger partial charge in [0.25, 0.3) is 0 Å². The highest BCUT2D eigenvalue weighted by molar-refractivity contribution is 7.25. The molecular formula is C54H35NOS. The van der Waals surface area contributed by atoms with Crippen molar-refractivity contribution in [2.75, 3.05) is 4.90 Å². The standard InChI is InChI=1S/C54H35NOS/c1-3-11-36(12-4-1)38-19-26-43(27-20-38)55(44-28-21-39(22-29-44)37-13-5-2-6-14-37)45-30-23-40(24-31-45)48-34-42(35-50-46-15-7-9-17-51(46)56-54(48)50)41-25-32-53-49(33-41)47-16-8-10-18-52(47)57-53/h1-35H. The monoisotopic (exact) mass is 745 g/mol. The Kier molecular flexibility index (Phi) is 8.04. The third-order valence-corrected chi connectivity index (χ3v) is 12.2. The van der Waals surface area contributed by atoms with Gasteiger partial charge in [-0.15, -0.1) is 11.3 Å². The number of hydrogen-bond donors (Lipinski definition) is 0. The maximum Gasteiger partial charge on any atom is 0.143 e. The molecule has 0 spiro atoms. The van der Waals surface area contributed by atoms with Crippen LogP contribution in [0, 0.1) is 0 Å². The predicted octanol–water partition coefficient (Wildman–Crippen LogP) is 16.1. The highest BCUT2D eigenvalue weighted by Crippen LogP contribution is 2.43. The highest BCUT2D eigenvalue weighted by Gasteiger charge is 2.18. The maximum absolute atomic E-state index is 6.65. The zero-order chi connectivity index (χ0) is 37.7. The first kappa shape index (κ1) is 33.2. The Hall–Kier alpha value is -7.20. The minimum absolute atomic E-state index is 0.894. The third-order valence-electron chi connectivity index (χ3n) is 11.1. The number of benzene rings is 9. The molecule has 11 aromatic rings. The Morgan fingerprint density at radius 1 is 0.316 bits per heavy atom. The van der Waals surface area contributed by atoms with Crippen molar-refractivity contribution >= 4 is 70.5 Å². The Morgan fingerprint density at radius 3 is 1.42 bits per heavy atom. The van der Waals surface area contributed by atoms with E-state index in [0.29, 0.717) is 0 Å². The van der Waals surface area contributed by atoms with E-state index in [1.807, 2.05) is 17.4 Å². The van der Waals surface area contributed by atoms with Crippen LogP contribution in [0.5, 0.6) is 0 Å². The van der Waals surface area contributed by atoms with Gasteiger partial charge in [0.15, 0.2) is 0 Å². The van der Waals surface area contributed by atoms with Gasteiger partial charge in [0, 0.05) is 53.6 Å². The number of hydrogen-bond acceptors (Lipinski definition) is 3. The van der Waals surface area contributed by atoms with Crippen LogP contribution in [0.4, 0.5) is 17.1 Å². The molecule has 9 aromatic carbocycles. The van der Waals surface area contributed by atoms with Crippen molar-refractivity contribution < 1.29 is 4.42 Å². The molecule has 0 radical (unpaired) electrons. The van der Waals surface area contributed by atoms with Gasteiger partial charge in [-0.1, -0.05) is 140 Å². The van der Waals surface area contributed by atoms with Crippen molar-refractivity contribution in [1.82, 2.24) is 0 Å². The van der Waals surface area contributed by atoms with Gasteiger partial charge in [0.05, 0.1) is 0 Å². The Morgan fingerprint density at radius 2 is 0.789 bits per heavy atom. The number of fused-ring (bicyclic) bond motifs is 6. The third kappa shape index (κ3) is 5.97. The predicted molar refractivity (Wildman–Crippen MR) is 243 cm³/mol. The van der Waals surface area contributed by atoms with Gasteiger partial charge in [-0.25, -0.2) is 0 Å². The number of thiophene rings is 1. The van der Waals surface area contributed by atoms with Crippen LogP contribution in [-0.2, 0) is 0 Å². The van der Waals surface area contributed by atoms with E-state index in [0.717, 1.165) is 50.1 Å². The van der Waals surface area contributed by atoms with E-state index in [2.05, 4.69) is 211 Å². The number of nitrogens with zero attached hydrogens (tertiary/aromatic N) is 1. The van der Waals surface area contributed by atoms with E-state index in [4.69, 9.17) is 4.42 Å². The summed E-state index contributed by atoms with van der Waals surface area (Å²) in [5.41, 5.74) is 14.4. The minimum Gasteiger partial charge on any atom is -0.455 e. The van der Waals surface area contributed by atoms with Crippen LogP contribution in [0.15, 0.2) is 217 Å². The summed E-state index contributed by atoms with van der Waals surface area (Å²) in [6.45, 7) is 0. The molecule has 0 N–H and O–H groups in total. The second-order valence-corrected chi connectivity index (χ2v) is 15.6. The van der Waals surface area contributed by atoms with Crippen LogP contribution in [-0.4, -0.2) is 0 Å². The topological polar surface area (TPSA) is 16.4 Å². The normalized spacial score (nSPS) is 11.5. The van der Waals surface area contributed by atoms with Crippen LogP contribution in [0.25, 0.3) is 86.6 Å². The van der Waals surface area contributed by atoms with Crippen LogP contribution in [0.2, 0.25) is 0 Å². The zero-order valence-electron chi connectivity index (χ0n) is 31.0. The average molecular weight is 746 g/mol. The average Bonchev–Trinajstić information content (AvgIpc) is 3.86. The second kappa shape index (κ2) is 13.8. The van der Waals surface area contributed by atoms with E-state index in [9.17, 15) is 0 Å². The zero-order valence-corrected chi connectivity index (χ0v) is 31.8. The molecule has 57 heavy (non-hydrogen) atoms. The fraction of sp³-hybridized carbons (Fsp3) is 0. The van der Waals surface area contributed by atoms with Crippen LogP contribution in [0.3, 0.4) is 0 Å². The van der Waals surface area contributed by atoms with Crippen molar-refractivity contribution in [1.29, 1.82) is 0 Å². The van der Waals surface area contributed by atoms with Gasteiger partial charge in [-0.3, -0.25) is 0 Å². The molecule has 2 nitrogen and oxygen atoms in total. The van der Waals surface area contributed by atoms with E-state index in [-0.39, 0.29) is 0 Å². The Bertz CT molecular complexity index is 3110. The fourth-order valence-electron chi connectivity index (χ4n) is 8.22. The summed E-state index contributed by atoms with van der Waals surface area (Å²) < 4.78 is 9.27. The van der Waals surface area contributed by atoms with Crippen LogP contribution < -0.4 is 4.90 Å². The lowest BCUT2D eigenvalue weighted by atomic mass is 9.95. The molecule has 2 aromatic heterocycles. The largest absolute Gasteiger partial charge is 0.455 e. The second-order valence-electron chi connectivity index (χ2n) is 14.5. The number of para-hydroxylation sites is 1. The molecule has 2 heterocycles. The van der Waals surface area contributed by atoms with Crippen LogP contribution >= 0.6 is 11.3 Å². The smallest absolute Gasteiger partial charge is 0.143 e. The SMILES string of the molecule is c1ccc(-c2ccc(N(c3ccc(-c4ccccc4)cc3)c3ccc(-c4cc(-c5ccc6sc7ccccc7c6c5)cc5c4oc4ccccc45)cc3)cc2)cc1. The molecule has 0 aliphatic carbocycles. The molecule has 0 amide bonds. The van der Waals surface area contributed by atoms with Crippen molar-refractivity contribution in [3.63, 3.8) is 0 Å². The number of furan rings is 1. The molecule has 0 bridgehead atoms. The van der Waals surface area contributed by atoms with Crippen molar-refractivity contribution in [3.8, 4) is 44.5 Å².